The summed E-state index contributed by atoms with van der Waals surface area (Å²) in [5.41, 5.74) is 3.01. The first-order valence-corrected chi connectivity index (χ1v) is 8.37. The van der Waals surface area contributed by atoms with E-state index in [1.165, 1.54) is 0 Å². The van der Waals surface area contributed by atoms with Crippen LogP contribution in [0.15, 0.2) is 46.9 Å². The summed E-state index contributed by atoms with van der Waals surface area (Å²) in [6.45, 7) is 8.04. The molecule has 0 aliphatic rings. The van der Waals surface area contributed by atoms with Gasteiger partial charge in [0, 0.05) is 21.3 Å². The van der Waals surface area contributed by atoms with Crippen molar-refractivity contribution in [2.45, 2.75) is 39.2 Å². The number of amides is 1. The van der Waals surface area contributed by atoms with Crippen LogP contribution in [-0.4, -0.2) is 11.0 Å². The van der Waals surface area contributed by atoms with Crippen LogP contribution in [0.1, 0.15) is 55.3 Å². The van der Waals surface area contributed by atoms with Gasteiger partial charge in [-0.25, -0.2) is 0 Å². The summed E-state index contributed by atoms with van der Waals surface area (Å²) < 4.78 is 0.924. The van der Waals surface area contributed by atoms with Gasteiger partial charge in [0.25, 0.3) is 5.91 Å². The van der Waals surface area contributed by atoms with E-state index in [-0.39, 0.29) is 11.3 Å². The third-order valence-corrected chi connectivity index (χ3v) is 4.25. The number of rotatable bonds is 3. The average Bonchev–Trinajstić information content (AvgIpc) is 2.46. The van der Waals surface area contributed by atoms with Gasteiger partial charge in [-0.05, 0) is 48.2 Å². The first kappa shape index (κ1) is 17.7. The van der Waals surface area contributed by atoms with E-state index in [2.05, 4.69) is 42.0 Å². The van der Waals surface area contributed by atoms with Crippen LogP contribution in [0.2, 0.25) is 0 Å². The number of benzene rings is 2. The Morgan fingerprint density at radius 2 is 1.74 bits per heavy atom. The number of halogens is 1. The molecule has 0 aromatic heterocycles. The summed E-state index contributed by atoms with van der Waals surface area (Å²) in [7, 11) is 0. The maximum absolute atomic E-state index is 12.5. The number of hydrogen-bond acceptors (Lipinski definition) is 2. The molecule has 0 saturated carbocycles. The van der Waals surface area contributed by atoms with Crippen LogP contribution in [0.3, 0.4) is 0 Å². The van der Waals surface area contributed by atoms with Gasteiger partial charge in [0.15, 0.2) is 0 Å². The molecule has 3 nitrogen and oxygen atoms in total. The van der Waals surface area contributed by atoms with Crippen molar-refractivity contribution in [2.75, 3.05) is 5.32 Å². The number of anilines is 1. The highest BCUT2D eigenvalue weighted by Gasteiger charge is 2.18. The molecule has 2 rings (SSSR count). The highest BCUT2D eigenvalue weighted by molar-refractivity contribution is 9.10. The van der Waals surface area contributed by atoms with Crippen molar-refractivity contribution in [3.05, 3.63) is 63.6 Å². The molecule has 1 amide bonds. The quantitative estimate of drug-likeness (QED) is 0.787. The molecule has 122 valence electrons. The number of nitrogens with one attached hydrogen (secondary N) is 1. The van der Waals surface area contributed by atoms with E-state index in [0.29, 0.717) is 16.8 Å². The van der Waals surface area contributed by atoms with Crippen LogP contribution in [0.25, 0.3) is 0 Å². The molecule has 0 spiro atoms. The Morgan fingerprint density at radius 1 is 1.13 bits per heavy atom. The molecule has 4 heteroatoms. The molecule has 0 saturated heterocycles. The largest absolute Gasteiger partial charge is 0.389 e. The first-order valence-electron chi connectivity index (χ1n) is 7.58. The fourth-order valence-corrected chi connectivity index (χ4v) is 2.56. The second kappa shape index (κ2) is 6.85. The van der Waals surface area contributed by atoms with Gasteiger partial charge in [-0.15, -0.1) is 0 Å². The van der Waals surface area contributed by atoms with E-state index in [4.69, 9.17) is 0 Å². The zero-order valence-electron chi connectivity index (χ0n) is 13.9. The fraction of sp³-hybridized carbons (Fsp3) is 0.316. The monoisotopic (exact) mass is 375 g/mol. The van der Waals surface area contributed by atoms with Crippen LogP contribution in [0, 0.1) is 0 Å². The lowest BCUT2D eigenvalue weighted by Gasteiger charge is -2.22. The Balaban J connectivity index is 2.36. The summed E-state index contributed by atoms with van der Waals surface area (Å²) in [5, 5.41) is 12.9. The van der Waals surface area contributed by atoms with E-state index in [1.807, 2.05) is 30.3 Å². The van der Waals surface area contributed by atoms with Gasteiger partial charge >= 0.3 is 0 Å². The van der Waals surface area contributed by atoms with Gasteiger partial charge in [0.1, 0.15) is 0 Å². The van der Waals surface area contributed by atoms with Crippen molar-refractivity contribution >= 4 is 27.5 Å². The lowest BCUT2D eigenvalue weighted by atomic mass is 9.85. The van der Waals surface area contributed by atoms with Crippen molar-refractivity contribution in [3.8, 4) is 0 Å². The van der Waals surface area contributed by atoms with Crippen molar-refractivity contribution in [1.29, 1.82) is 0 Å². The Hall–Kier alpha value is -1.65. The number of hydrogen-bond donors (Lipinski definition) is 2. The zero-order chi connectivity index (χ0) is 17.2. The van der Waals surface area contributed by atoms with E-state index in [9.17, 15) is 9.90 Å². The second-order valence-electron chi connectivity index (χ2n) is 6.69. The normalized spacial score (nSPS) is 12.8. The van der Waals surface area contributed by atoms with Crippen LogP contribution in [0.5, 0.6) is 0 Å². The predicted octanol–water partition coefficient (Wildman–Crippen LogP) is 5.05. The van der Waals surface area contributed by atoms with Crippen LogP contribution in [-0.2, 0) is 5.41 Å². The maximum atomic E-state index is 12.5. The summed E-state index contributed by atoms with van der Waals surface area (Å²) in [4.78, 5) is 12.5. The van der Waals surface area contributed by atoms with Crippen molar-refractivity contribution in [2.24, 2.45) is 0 Å². The standard InChI is InChI=1S/C19H22BrNO2/c1-12(22)16-10-7-14(19(2,3)4)11-17(16)21-18(23)13-5-8-15(20)9-6-13/h5-12,22H,1-4H3,(H,21,23)/t12-/m1/s1. The molecule has 2 aromatic rings. The van der Waals surface area contributed by atoms with E-state index in [1.54, 1.807) is 19.1 Å². The van der Waals surface area contributed by atoms with E-state index >= 15 is 0 Å². The highest BCUT2D eigenvalue weighted by atomic mass is 79.9. The average molecular weight is 376 g/mol. The maximum Gasteiger partial charge on any atom is 0.255 e. The van der Waals surface area contributed by atoms with E-state index < -0.39 is 6.10 Å². The third kappa shape index (κ3) is 4.43. The Morgan fingerprint density at radius 3 is 2.26 bits per heavy atom. The third-order valence-electron chi connectivity index (χ3n) is 3.72. The molecule has 23 heavy (non-hydrogen) atoms. The number of aliphatic hydroxyl groups is 1. The molecule has 0 heterocycles. The molecule has 0 unspecified atom stereocenters. The van der Waals surface area contributed by atoms with Crippen LogP contribution in [0.4, 0.5) is 5.69 Å². The Kier molecular flexibility index (Phi) is 5.27. The van der Waals surface area contributed by atoms with Gasteiger partial charge in [0.2, 0.25) is 0 Å². The summed E-state index contributed by atoms with van der Waals surface area (Å²) in [6, 6.07) is 13.0. The van der Waals surface area contributed by atoms with Gasteiger partial charge in [-0.1, -0.05) is 48.8 Å². The van der Waals surface area contributed by atoms with Gasteiger partial charge in [-0.2, -0.15) is 0 Å². The molecular weight excluding hydrogens is 354 g/mol. The molecule has 0 bridgehead atoms. The molecule has 2 aromatic carbocycles. The van der Waals surface area contributed by atoms with Gasteiger partial charge in [0.05, 0.1) is 6.10 Å². The lowest BCUT2D eigenvalue weighted by molar-refractivity contribution is 0.102. The smallest absolute Gasteiger partial charge is 0.255 e. The molecular formula is C19H22BrNO2. The van der Waals surface area contributed by atoms with Crippen LogP contribution >= 0.6 is 15.9 Å². The van der Waals surface area contributed by atoms with E-state index in [0.717, 1.165) is 10.0 Å². The second-order valence-corrected chi connectivity index (χ2v) is 7.60. The van der Waals surface area contributed by atoms with Crippen molar-refractivity contribution < 1.29 is 9.90 Å². The Bertz CT molecular complexity index is 700. The minimum atomic E-state index is -0.649. The fourth-order valence-electron chi connectivity index (χ4n) is 2.29. The minimum Gasteiger partial charge on any atom is -0.389 e. The molecule has 0 aliphatic heterocycles. The molecule has 1 atom stereocenters. The zero-order valence-corrected chi connectivity index (χ0v) is 15.4. The van der Waals surface area contributed by atoms with Crippen molar-refractivity contribution in [1.82, 2.24) is 0 Å². The number of carbonyl (C=O) groups excluding carboxylic acids is 1. The lowest BCUT2D eigenvalue weighted by Crippen LogP contribution is -2.16. The Labute approximate surface area is 145 Å². The number of carbonyl (C=O) groups is 1. The number of aliphatic hydroxyl groups excluding tert-OH is 1. The summed E-state index contributed by atoms with van der Waals surface area (Å²) in [6.07, 6.45) is -0.649. The summed E-state index contributed by atoms with van der Waals surface area (Å²) >= 11 is 3.36. The summed E-state index contributed by atoms with van der Waals surface area (Å²) in [5.74, 6) is -0.189. The minimum absolute atomic E-state index is 0.0334. The molecule has 0 radical (unpaired) electrons. The van der Waals surface area contributed by atoms with Crippen molar-refractivity contribution in [3.63, 3.8) is 0 Å². The SMILES string of the molecule is C[C@@H](O)c1ccc(C(C)(C)C)cc1NC(=O)c1ccc(Br)cc1. The predicted molar refractivity (Wildman–Crippen MR) is 97.9 cm³/mol. The van der Waals surface area contributed by atoms with Crippen LogP contribution < -0.4 is 5.32 Å². The molecule has 0 fully saturated rings. The molecule has 0 aliphatic carbocycles. The first-order chi connectivity index (χ1) is 10.7. The topological polar surface area (TPSA) is 49.3 Å². The van der Waals surface area contributed by atoms with Gasteiger partial charge in [-0.3, -0.25) is 4.79 Å². The highest BCUT2D eigenvalue weighted by Crippen LogP contribution is 2.30. The molecule has 2 N–H and O–H groups in total. The van der Waals surface area contributed by atoms with Gasteiger partial charge < -0.3 is 10.4 Å².